The number of rotatable bonds is 5. The van der Waals surface area contributed by atoms with Crippen LogP contribution >= 0.6 is 0 Å². The molecule has 2 rings (SSSR count). The summed E-state index contributed by atoms with van der Waals surface area (Å²) in [5.41, 5.74) is 4.35. The number of carbonyl (C=O) groups is 2. The molecule has 4 heteroatoms. The van der Waals surface area contributed by atoms with E-state index in [0.717, 1.165) is 28.8 Å². The second-order valence-corrected chi connectivity index (χ2v) is 5.49. The van der Waals surface area contributed by atoms with Crippen molar-refractivity contribution in [3.05, 3.63) is 64.7 Å². The molecule has 1 N–H and O–H groups in total. The Morgan fingerprint density at radius 2 is 1.74 bits per heavy atom. The zero-order valence-corrected chi connectivity index (χ0v) is 13.7. The molecule has 0 aromatic heterocycles. The minimum absolute atomic E-state index is 0.304. The van der Waals surface area contributed by atoms with Gasteiger partial charge in [0.1, 0.15) is 0 Å². The highest BCUT2D eigenvalue weighted by molar-refractivity contribution is 5.95. The van der Waals surface area contributed by atoms with Gasteiger partial charge < -0.3 is 10.1 Å². The van der Waals surface area contributed by atoms with Crippen molar-refractivity contribution in [1.82, 2.24) is 0 Å². The minimum atomic E-state index is -0.497. The van der Waals surface area contributed by atoms with E-state index < -0.39 is 5.97 Å². The number of aryl methyl sites for hydroxylation is 3. The molecule has 0 bridgehead atoms. The van der Waals surface area contributed by atoms with Gasteiger partial charge in [-0.05, 0) is 55.2 Å². The van der Waals surface area contributed by atoms with Crippen molar-refractivity contribution in [3.63, 3.8) is 0 Å². The van der Waals surface area contributed by atoms with Crippen molar-refractivity contribution >= 4 is 17.6 Å². The molecule has 0 aliphatic heterocycles. The van der Waals surface area contributed by atoms with Gasteiger partial charge in [-0.2, -0.15) is 0 Å². The standard InChI is InChI=1S/C19H21NO3/c1-4-15-7-9-16(10-8-15)19(22)23-12-18(21)20-17-11-13(2)5-6-14(17)3/h5-11H,4,12H2,1-3H3,(H,20,21). The van der Waals surface area contributed by atoms with Crippen LogP contribution in [0.25, 0.3) is 0 Å². The maximum Gasteiger partial charge on any atom is 0.338 e. The number of esters is 1. The Kier molecular flexibility index (Phi) is 5.52. The zero-order chi connectivity index (χ0) is 16.8. The normalized spacial score (nSPS) is 10.2. The van der Waals surface area contributed by atoms with E-state index in [4.69, 9.17) is 4.74 Å². The van der Waals surface area contributed by atoms with Gasteiger partial charge in [-0.3, -0.25) is 4.79 Å². The second kappa shape index (κ2) is 7.58. The summed E-state index contributed by atoms with van der Waals surface area (Å²) < 4.78 is 5.05. The first-order valence-electron chi connectivity index (χ1n) is 7.62. The van der Waals surface area contributed by atoms with E-state index in [2.05, 4.69) is 5.32 Å². The predicted molar refractivity (Wildman–Crippen MR) is 90.6 cm³/mol. The van der Waals surface area contributed by atoms with Crippen molar-refractivity contribution in [2.75, 3.05) is 11.9 Å². The Morgan fingerprint density at radius 3 is 2.39 bits per heavy atom. The first-order valence-corrected chi connectivity index (χ1v) is 7.62. The Morgan fingerprint density at radius 1 is 1.04 bits per heavy atom. The second-order valence-electron chi connectivity index (χ2n) is 5.49. The van der Waals surface area contributed by atoms with Gasteiger partial charge in [-0.25, -0.2) is 4.79 Å². The summed E-state index contributed by atoms with van der Waals surface area (Å²) in [6, 6.07) is 13.0. The molecule has 2 aromatic rings. The van der Waals surface area contributed by atoms with Crippen LogP contribution in [-0.4, -0.2) is 18.5 Å². The smallest absolute Gasteiger partial charge is 0.338 e. The average molecular weight is 311 g/mol. The molecule has 0 aliphatic rings. The van der Waals surface area contributed by atoms with Gasteiger partial charge in [0.2, 0.25) is 0 Å². The Balaban J connectivity index is 1.90. The lowest BCUT2D eigenvalue weighted by molar-refractivity contribution is -0.119. The third-order valence-electron chi connectivity index (χ3n) is 3.60. The van der Waals surface area contributed by atoms with Crippen LogP contribution < -0.4 is 5.32 Å². The number of hydrogen-bond acceptors (Lipinski definition) is 3. The van der Waals surface area contributed by atoms with Crippen LogP contribution in [-0.2, 0) is 16.0 Å². The van der Waals surface area contributed by atoms with Gasteiger partial charge in [0.25, 0.3) is 5.91 Å². The molecule has 0 saturated heterocycles. The maximum absolute atomic E-state index is 11.9. The van der Waals surface area contributed by atoms with Crippen LogP contribution in [0.1, 0.15) is 34.0 Å². The van der Waals surface area contributed by atoms with Crippen LogP contribution in [0.3, 0.4) is 0 Å². The molecule has 0 saturated carbocycles. The van der Waals surface area contributed by atoms with Crippen LogP contribution in [0.15, 0.2) is 42.5 Å². The van der Waals surface area contributed by atoms with E-state index in [9.17, 15) is 9.59 Å². The minimum Gasteiger partial charge on any atom is -0.452 e. The quantitative estimate of drug-likeness (QED) is 0.857. The fourth-order valence-corrected chi connectivity index (χ4v) is 2.15. The fourth-order valence-electron chi connectivity index (χ4n) is 2.15. The van der Waals surface area contributed by atoms with E-state index in [1.807, 2.05) is 51.1 Å². The lowest BCUT2D eigenvalue weighted by Gasteiger charge is -2.10. The summed E-state index contributed by atoms with van der Waals surface area (Å²) in [7, 11) is 0. The molecular formula is C19H21NO3. The van der Waals surface area contributed by atoms with E-state index in [-0.39, 0.29) is 12.5 Å². The van der Waals surface area contributed by atoms with E-state index in [1.165, 1.54) is 0 Å². The number of ether oxygens (including phenoxy) is 1. The summed E-state index contributed by atoms with van der Waals surface area (Å²) in [6.07, 6.45) is 0.910. The number of anilines is 1. The molecule has 0 aliphatic carbocycles. The molecule has 0 radical (unpaired) electrons. The third-order valence-corrected chi connectivity index (χ3v) is 3.60. The number of amides is 1. The highest BCUT2D eigenvalue weighted by atomic mass is 16.5. The Hall–Kier alpha value is -2.62. The number of carbonyl (C=O) groups excluding carboxylic acids is 2. The SMILES string of the molecule is CCc1ccc(C(=O)OCC(=O)Nc2cc(C)ccc2C)cc1. The van der Waals surface area contributed by atoms with Gasteiger partial charge in [-0.1, -0.05) is 31.2 Å². The van der Waals surface area contributed by atoms with Crippen molar-refractivity contribution in [2.45, 2.75) is 27.2 Å². The zero-order valence-electron chi connectivity index (χ0n) is 13.7. The molecule has 0 spiro atoms. The lowest BCUT2D eigenvalue weighted by atomic mass is 10.1. The highest BCUT2D eigenvalue weighted by Crippen LogP contribution is 2.16. The van der Waals surface area contributed by atoms with E-state index in [1.54, 1.807) is 12.1 Å². The van der Waals surface area contributed by atoms with Crippen molar-refractivity contribution < 1.29 is 14.3 Å². The Bertz CT molecular complexity index is 705. The fraction of sp³-hybridized carbons (Fsp3) is 0.263. The molecule has 4 nitrogen and oxygen atoms in total. The summed E-state index contributed by atoms with van der Waals surface area (Å²) >= 11 is 0. The van der Waals surface area contributed by atoms with Gasteiger partial charge in [0.15, 0.2) is 6.61 Å². The lowest BCUT2D eigenvalue weighted by Crippen LogP contribution is -2.21. The summed E-state index contributed by atoms with van der Waals surface area (Å²) in [4.78, 5) is 23.8. The number of benzene rings is 2. The largest absolute Gasteiger partial charge is 0.452 e. The van der Waals surface area contributed by atoms with Crippen LogP contribution in [0, 0.1) is 13.8 Å². The molecular weight excluding hydrogens is 290 g/mol. The number of hydrogen-bond donors (Lipinski definition) is 1. The van der Waals surface area contributed by atoms with Gasteiger partial charge in [-0.15, -0.1) is 0 Å². The van der Waals surface area contributed by atoms with Crippen molar-refractivity contribution in [1.29, 1.82) is 0 Å². The maximum atomic E-state index is 11.9. The summed E-state index contributed by atoms with van der Waals surface area (Å²) in [5, 5.41) is 2.76. The molecule has 120 valence electrons. The Labute approximate surface area is 136 Å². The molecule has 0 heterocycles. The average Bonchev–Trinajstić information content (AvgIpc) is 2.56. The highest BCUT2D eigenvalue weighted by Gasteiger charge is 2.11. The molecule has 0 unspecified atom stereocenters. The number of nitrogens with one attached hydrogen (secondary N) is 1. The topological polar surface area (TPSA) is 55.4 Å². The molecule has 2 aromatic carbocycles. The summed E-state index contributed by atoms with van der Waals surface area (Å²) in [6.45, 7) is 5.61. The van der Waals surface area contributed by atoms with E-state index >= 15 is 0 Å². The van der Waals surface area contributed by atoms with Gasteiger partial charge >= 0.3 is 5.97 Å². The van der Waals surface area contributed by atoms with Gasteiger partial charge in [0.05, 0.1) is 5.56 Å². The van der Waals surface area contributed by atoms with Crippen LogP contribution in [0.4, 0.5) is 5.69 Å². The molecule has 0 fully saturated rings. The summed E-state index contributed by atoms with van der Waals surface area (Å²) in [5.74, 6) is -0.846. The first kappa shape index (κ1) is 16.7. The third kappa shape index (κ3) is 4.68. The van der Waals surface area contributed by atoms with Crippen molar-refractivity contribution in [2.24, 2.45) is 0 Å². The molecule has 0 atom stereocenters. The van der Waals surface area contributed by atoms with E-state index in [0.29, 0.717) is 5.56 Å². The van der Waals surface area contributed by atoms with Gasteiger partial charge in [0, 0.05) is 5.69 Å². The first-order chi connectivity index (χ1) is 11.0. The van der Waals surface area contributed by atoms with Crippen LogP contribution in [0.5, 0.6) is 0 Å². The van der Waals surface area contributed by atoms with Crippen molar-refractivity contribution in [3.8, 4) is 0 Å². The molecule has 1 amide bonds. The van der Waals surface area contributed by atoms with Crippen LogP contribution in [0.2, 0.25) is 0 Å². The monoisotopic (exact) mass is 311 g/mol. The molecule has 23 heavy (non-hydrogen) atoms. The predicted octanol–water partition coefficient (Wildman–Crippen LogP) is 3.66.